The van der Waals surface area contributed by atoms with Gasteiger partial charge < -0.3 is 15.1 Å². The second kappa shape index (κ2) is 16.4. The molecule has 3 heteroatoms. The van der Waals surface area contributed by atoms with Crippen LogP contribution < -0.4 is 5.32 Å². The van der Waals surface area contributed by atoms with E-state index in [1.54, 1.807) is 0 Å². The molecule has 24 heavy (non-hydrogen) atoms. The maximum atomic E-state index is 3.37. The minimum Gasteiger partial charge on any atom is -0.317 e. The first-order valence-corrected chi connectivity index (χ1v) is 10.6. The van der Waals surface area contributed by atoms with Crippen LogP contribution in [-0.2, 0) is 0 Å². The van der Waals surface area contributed by atoms with Crippen molar-refractivity contribution in [2.75, 3.05) is 46.3 Å². The Morgan fingerprint density at radius 2 is 1.46 bits per heavy atom. The van der Waals surface area contributed by atoms with Crippen LogP contribution in [0.25, 0.3) is 0 Å². The lowest BCUT2D eigenvalue weighted by atomic mass is 9.79. The van der Waals surface area contributed by atoms with E-state index < -0.39 is 0 Å². The minimum atomic E-state index is 0.658. The van der Waals surface area contributed by atoms with Crippen molar-refractivity contribution < 1.29 is 0 Å². The lowest BCUT2D eigenvalue weighted by Crippen LogP contribution is -2.37. The van der Waals surface area contributed by atoms with E-state index in [4.69, 9.17) is 0 Å². The van der Waals surface area contributed by atoms with Gasteiger partial charge in [0.2, 0.25) is 0 Å². The molecule has 0 bridgehead atoms. The zero-order valence-corrected chi connectivity index (χ0v) is 18.5. The van der Waals surface area contributed by atoms with Gasteiger partial charge >= 0.3 is 0 Å². The first kappa shape index (κ1) is 26.1. The molecule has 0 spiro atoms. The van der Waals surface area contributed by atoms with E-state index >= 15 is 0 Å². The summed E-state index contributed by atoms with van der Waals surface area (Å²) in [6.45, 7) is 24.9. The largest absolute Gasteiger partial charge is 0.317 e. The zero-order valence-electron chi connectivity index (χ0n) is 18.5. The number of nitrogens with zero attached hydrogens (tertiary/aromatic N) is 2. The average molecular weight is 344 g/mol. The van der Waals surface area contributed by atoms with Gasteiger partial charge in [0.05, 0.1) is 0 Å². The van der Waals surface area contributed by atoms with Gasteiger partial charge in [0.25, 0.3) is 0 Å². The molecule has 0 unspecified atom stereocenters. The van der Waals surface area contributed by atoms with Crippen molar-refractivity contribution in [3.05, 3.63) is 0 Å². The van der Waals surface area contributed by atoms with Crippen LogP contribution in [0.1, 0.15) is 81.1 Å². The molecule has 0 aromatic carbocycles. The Hall–Kier alpha value is -0.120. The molecule has 1 saturated heterocycles. The van der Waals surface area contributed by atoms with Crippen LogP contribution in [0.4, 0.5) is 0 Å². The van der Waals surface area contributed by atoms with E-state index in [0.717, 1.165) is 6.04 Å². The second-order valence-corrected chi connectivity index (χ2v) is 7.18. The monoisotopic (exact) mass is 343 g/mol. The zero-order chi connectivity index (χ0) is 19.0. The number of rotatable bonds is 8. The second-order valence-electron chi connectivity index (χ2n) is 7.18. The highest BCUT2D eigenvalue weighted by Crippen LogP contribution is 2.30. The minimum absolute atomic E-state index is 0.658. The van der Waals surface area contributed by atoms with Gasteiger partial charge in [0.1, 0.15) is 0 Å². The third kappa shape index (κ3) is 12.3. The fourth-order valence-corrected chi connectivity index (χ4v) is 2.75. The van der Waals surface area contributed by atoms with Gasteiger partial charge in [-0.2, -0.15) is 0 Å². The molecule has 1 fully saturated rings. The molecule has 1 aliphatic heterocycles. The summed E-state index contributed by atoms with van der Waals surface area (Å²) in [5.41, 5.74) is 0.658. The number of piperidine rings is 1. The Balaban J connectivity index is 0. The Kier molecular flexibility index (Phi) is 17.8. The van der Waals surface area contributed by atoms with Gasteiger partial charge in [-0.05, 0) is 64.8 Å². The molecule has 1 rings (SSSR count). The first-order valence-electron chi connectivity index (χ1n) is 10.6. The van der Waals surface area contributed by atoms with Crippen LogP contribution in [0.2, 0.25) is 0 Å². The smallest absolute Gasteiger partial charge is 0.0109 e. The average Bonchev–Trinajstić information content (AvgIpc) is 2.64. The maximum Gasteiger partial charge on any atom is 0.0109 e. The lowest BCUT2D eigenvalue weighted by Gasteiger charge is -2.32. The van der Waals surface area contributed by atoms with Crippen molar-refractivity contribution in [2.45, 2.75) is 87.1 Å². The van der Waals surface area contributed by atoms with Crippen molar-refractivity contribution in [1.29, 1.82) is 0 Å². The predicted molar refractivity (Wildman–Crippen MR) is 112 cm³/mol. The van der Waals surface area contributed by atoms with E-state index in [-0.39, 0.29) is 0 Å². The van der Waals surface area contributed by atoms with Gasteiger partial charge in [0, 0.05) is 19.1 Å². The molecule has 148 valence electrons. The van der Waals surface area contributed by atoms with Gasteiger partial charge in [-0.25, -0.2) is 0 Å². The van der Waals surface area contributed by atoms with Crippen LogP contribution in [-0.4, -0.2) is 62.2 Å². The maximum absolute atomic E-state index is 3.37. The molecule has 1 atom stereocenters. The van der Waals surface area contributed by atoms with Crippen molar-refractivity contribution in [3.8, 4) is 0 Å². The number of nitrogens with one attached hydrogen (secondary N) is 1. The summed E-state index contributed by atoms with van der Waals surface area (Å²) in [4.78, 5) is 4.91. The number of likely N-dealkylation sites (N-methyl/N-ethyl adjacent to an activating group) is 2. The molecule has 0 saturated carbocycles. The molecule has 0 amide bonds. The van der Waals surface area contributed by atoms with Gasteiger partial charge in [-0.15, -0.1) is 0 Å². The highest BCUT2D eigenvalue weighted by Gasteiger charge is 2.23. The van der Waals surface area contributed by atoms with E-state index in [2.05, 4.69) is 63.7 Å². The van der Waals surface area contributed by atoms with Gasteiger partial charge in [-0.1, -0.05) is 54.9 Å². The molecule has 1 N–H and O–H groups in total. The van der Waals surface area contributed by atoms with Gasteiger partial charge in [0.15, 0.2) is 0 Å². The summed E-state index contributed by atoms with van der Waals surface area (Å²) in [5, 5.41) is 3.37. The van der Waals surface area contributed by atoms with E-state index in [1.807, 2.05) is 13.8 Å². The highest BCUT2D eigenvalue weighted by atomic mass is 15.2. The van der Waals surface area contributed by atoms with Crippen LogP contribution in [0.5, 0.6) is 0 Å². The van der Waals surface area contributed by atoms with Crippen LogP contribution in [0.15, 0.2) is 0 Å². The lowest BCUT2D eigenvalue weighted by molar-refractivity contribution is 0.202. The fraction of sp³-hybridized carbons (Fsp3) is 1.00. The van der Waals surface area contributed by atoms with E-state index in [0.29, 0.717) is 5.41 Å². The Labute approximate surface area is 154 Å². The Morgan fingerprint density at radius 1 is 0.958 bits per heavy atom. The third-order valence-electron chi connectivity index (χ3n) is 5.67. The van der Waals surface area contributed by atoms with Crippen molar-refractivity contribution >= 4 is 0 Å². The van der Waals surface area contributed by atoms with Crippen LogP contribution >= 0.6 is 0 Å². The molecule has 3 nitrogen and oxygen atoms in total. The van der Waals surface area contributed by atoms with Crippen LogP contribution in [0, 0.1) is 5.41 Å². The summed E-state index contributed by atoms with van der Waals surface area (Å²) >= 11 is 0. The summed E-state index contributed by atoms with van der Waals surface area (Å²) in [5.74, 6) is 0. The topological polar surface area (TPSA) is 18.5 Å². The Bertz CT molecular complexity index is 245. The standard InChI is InChI=1S/C11H26N2.C8H17N.C2H6/c1-6-11(4)12(5)9-10-13(7-2)8-3;1-3-8(2)4-6-9-7-5-8;1-2/h11H,6-10H2,1-5H3;9H,3-7H2,1-2H3;1-2H3/t11-;;/m0../s1. The summed E-state index contributed by atoms with van der Waals surface area (Å²) in [7, 11) is 2.22. The molecule has 1 aliphatic rings. The molecule has 0 aliphatic carbocycles. The summed E-state index contributed by atoms with van der Waals surface area (Å²) < 4.78 is 0. The molecule has 0 aromatic heterocycles. The molecular weight excluding hydrogens is 294 g/mol. The third-order valence-corrected chi connectivity index (χ3v) is 5.67. The highest BCUT2D eigenvalue weighted by molar-refractivity contribution is 4.78. The fourth-order valence-electron chi connectivity index (χ4n) is 2.75. The normalized spacial score (nSPS) is 17.6. The SMILES string of the molecule is CC.CCC1(C)CCNCC1.CC[C@H](C)N(C)CCN(CC)CC. The van der Waals surface area contributed by atoms with E-state index in [9.17, 15) is 0 Å². The van der Waals surface area contributed by atoms with Crippen molar-refractivity contribution in [1.82, 2.24) is 15.1 Å². The quantitative estimate of drug-likeness (QED) is 0.678. The number of hydrogen-bond acceptors (Lipinski definition) is 3. The number of hydrogen-bond donors (Lipinski definition) is 1. The molecular formula is C21H49N3. The predicted octanol–water partition coefficient (Wildman–Crippen LogP) is 4.87. The summed E-state index contributed by atoms with van der Waals surface area (Å²) in [6.07, 6.45) is 5.32. The van der Waals surface area contributed by atoms with Gasteiger partial charge in [-0.3, -0.25) is 0 Å². The van der Waals surface area contributed by atoms with Crippen LogP contribution in [0.3, 0.4) is 0 Å². The van der Waals surface area contributed by atoms with E-state index in [1.165, 1.54) is 65.0 Å². The molecule has 0 radical (unpaired) electrons. The van der Waals surface area contributed by atoms with Crippen molar-refractivity contribution in [2.24, 2.45) is 5.41 Å². The summed E-state index contributed by atoms with van der Waals surface area (Å²) in [6, 6.07) is 0.718. The first-order chi connectivity index (χ1) is 11.4. The molecule has 1 heterocycles. The molecule has 0 aromatic rings. The van der Waals surface area contributed by atoms with Crippen molar-refractivity contribution in [3.63, 3.8) is 0 Å². The Morgan fingerprint density at radius 3 is 1.79 bits per heavy atom.